The fourth-order valence-corrected chi connectivity index (χ4v) is 7.76. The van der Waals surface area contributed by atoms with Crippen LogP contribution < -0.4 is 9.80 Å². The third kappa shape index (κ3) is 5.37. The highest BCUT2D eigenvalue weighted by Gasteiger charge is 2.79. The van der Waals surface area contributed by atoms with Crippen LogP contribution >= 0.6 is 11.6 Å². The average Bonchev–Trinajstić information content (AvgIpc) is 3.64. The zero-order valence-corrected chi connectivity index (χ0v) is 26.1. The number of benzene rings is 2. The van der Waals surface area contributed by atoms with Crippen molar-refractivity contribution in [3.8, 4) is 0 Å². The molecule has 3 aliphatic heterocycles. The summed E-state index contributed by atoms with van der Waals surface area (Å²) in [6.07, 6.45) is 6.88. The third-order valence-corrected chi connectivity index (χ3v) is 9.85. The van der Waals surface area contributed by atoms with Crippen LogP contribution in [0.2, 0.25) is 5.02 Å². The van der Waals surface area contributed by atoms with Crippen LogP contribution in [0.3, 0.4) is 0 Å². The number of carbonyl (C=O) groups is 3. The van der Waals surface area contributed by atoms with Crippen molar-refractivity contribution < 1.29 is 24.2 Å². The standard InChI is InChI=1S/C35H42ClN3O5/c1-4-21-37(26-13-9-7-10-14-26)31(41)28-29-32(42)39(23-11-8-12-24-40)30(35(29)20-19-34(28,6-3)44-35)33(43)38(22-5-2)27-17-15-25(36)16-18-27/h4-5,7,9-10,13-18,28-30,40H,1-2,6,8,11-12,19-24H2,3H3/t28-,29-,30?,34+,35?/m0/s1. The average molecular weight is 620 g/mol. The number of likely N-dealkylation sites (tertiary alicyclic amines) is 1. The van der Waals surface area contributed by atoms with E-state index in [4.69, 9.17) is 16.3 Å². The van der Waals surface area contributed by atoms with E-state index in [0.29, 0.717) is 55.8 Å². The van der Waals surface area contributed by atoms with E-state index < -0.39 is 29.1 Å². The van der Waals surface area contributed by atoms with Gasteiger partial charge in [0.1, 0.15) is 11.6 Å². The van der Waals surface area contributed by atoms with Crippen LogP contribution in [-0.2, 0) is 19.1 Å². The summed E-state index contributed by atoms with van der Waals surface area (Å²) in [6.45, 7) is 10.7. The van der Waals surface area contributed by atoms with E-state index in [0.717, 1.165) is 5.69 Å². The molecule has 0 radical (unpaired) electrons. The summed E-state index contributed by atoms with van der Waals surface area (Å²) in [5.41, 5.74) is -0.654. The summed E-state index contributed by atoms with van der Waals surface area (Å²) < 4.78 is 6.99. The van der Waals surface area contributed by atoms with Gasteiger partial charge in [-0.2, -0.15) is 0 Å². The van der Waals surface area contributed by atoms with E-state index in [1.807, 2.05) is 37.3 Å². The highest BCUT2D eigenvalue weighted by atomic mass is 35.5. The Morgan fingerprint density at radius 3 is 2.23 bits per heavy atom. The van der Waals surface area contributed by atoms with Gasteiger partial charge in [-0.05, 0) is 74.9 Å². The molecule has 234 valence electrons. The maximum Gasteiger partial charge on any atom is 0.253 e. The largest absolute Gasteiger partial charge is 0.396 e. The lowest BCUT2D eigenvalue weighted by atomic mass is 9.64. The zero-order chi connectivity index (χ0) is 31.5. The van der Waals surface area contributed by atoms with E-state index in [9.17, 15) is 19.5 Å². The maximum atomic E-state index is 14.7. The molecule has 9 heteroatoms. The predicted octanol–water partition coefficient (Wildman–Crippen LogP) is 5.40. The Bertz CT molecular complexity index is 1380. The number of rotatable bonds is 14. The van der Waals surface area contributed by atoms with Gasteiger partial charge in [-0.15, -0.1) is 13.2 Å². The lowest BCUT2D eigenvalue weighted by Gasteiger charge is -2.37. The number of fused-ring (bicyclic) bond motifs is 1. The molecule has 3 aliphatic rings. The van der Waals surface area contributed by atoms with E-state index in [1.165, 1.54) is 0 Å². The lowest BCUT2D eigenvalue weighted by molar-refractivity contribution is -0.146. The quantitative estimate of drug-likeness (QED) is 0.226. The van der Waals surface area contributed by atoms with Gasteiger partial charge in [0.2, 0.25) is 11.8 Å². The first-order chi connectivity index (χ1) is 21.3. The van der Waals surface area contributed by atoms with Crippen LogP contribution in [0.25, 0.3) is 0 Å². The molecular formula is C35H42ClN3O5. The van der Waals surface area contributed by atoms with Crippen LogP contribution in [0.1, 0.15) is 45.4 Å². The minimum atomic E-state index is -1.15. The van der Waals surface area contributed by atoms with Gasteiger partial charge >= 0.3 is 0 Å². The van der Waals surface area contributed by atoms with Crippen molar-refractivity contribution in [1.29, 1.82) is 0 Å². The number of halogens is 1. The normalized spacial score (nSPS) is 26.8. The lowest BCUT2D eigenvalue weighted by Crippen LogP contribution is -2.56. The van der Waals surface area contributed by atoms with Gasteiger partial charge in [0.25, 0.3) is 5.91 Å². The SMILES string of the molecule is C=CCN(C(=O)C1N(CCCCCO)C(=O)[C@@H]2[C@@H](C(=O)N(CC=C)c3ccccc3)[C@@]3(CC)CCC12O3)c1ccc(Cl)cc1. The number of para-hydroxylation sites is 1. The second-order valence-corrected chi connectivity index (χ2v) is 12.4. The molecule has 0 aromatic heterocycles. The highest BCUT2D eigenvalue weighted by Crippen LogP contribution is 2.64. The highest BCUT2D eigenvalue weighted by molar-refractivity contribution is 6.30. The molecule has 5 rings (SSSR count). The van der Waals surface area contributed by atoms with Gasteiger partial charge < -0.3 is 24.5 Å². The van der Waals surface area contributed by atoms with E-state index >= 15 is 0 Å². The second-order valence-electron chi connectivity index (χ2n) is 11.9. The number of carbonyl (C=O) groups excluding carboxylic acids is 3. The van der Waals surface area contributed by atoms with Crippen molar-refractivity contribution in [3.05, 3.63) is 84.9 Å². The number of amides is 3. The van der Waals surface area contributed by atoms with Gasteiger partial charge in [0.15, 0.2) is 0 Å². The molecule has 0 saturated carbocycles. The molecular weight excluding hydrogens is 578 g/mol. The molecule has 2 aromatic rings. The number of ether oxygens (including phenoxy) is 1. The summed E-state index contributed by atoms with van der Waals surface area (Å²) in [7, 11) is 0. The number of unbranched alkanes of at least 4 members (excludes halogenated alkanes) is 2. The van der Waals surface area contributed by atoms with Crippen LogP contribution in [0.5, 0.6) is 0 Å². The van der Waals surface area contributed by atoms with Crippen LogP contribution in [-0.4, -0.2) is 71.2 Å². The van der Waals surface area contributed by atoms with Gasteiger partial charge in [-0.3, -0.25) is 14.4 Å². The van der Waals surface area contributed by atoms with Crippen molar-refractivity contribution in [1.82, 2.24) is 4.90 Å². The molecule has 0 aliphatic carbocycles. The van der Waals surface area contributed by atoms with Crippen molar-refractivity contribution in [2.45, 2.75) is 62.7 Å². The van der Waals surface area contributed by atoms with Gasteiger partial charge in [-0.25, -0.2) is 0 Å². The number of hydrogen-bond donors (Lipinski definition) is 1. The molecule has 3 amide bonds. The molecule has 44 heavy (non-hydrogen) atoms. The summed E-state index contributed by atoms with van der Waals surface area (Å²) in [4.78, 5) is 48.9. The number of aliphatic hydroxyl groups excluding tert-OH is 1. The van der Waals surface area contributed by atoms with Crippen molar-refractivity contribution in [2.24, 2.45) is 11.8 Å². The van der Waals surface area contributed by atoms with E-state index in [2.05, 4.69) is 13.2 Å². The Balaban J connectivity index is 1.59. The van der Waals surface area contributed by atoms with Gasteiger partial charge in [0, 0.05) is 42.6 Å². The Morgan fingerprint density at radius 2 is 1.61 bits per heavy atom. The van der Waals surface area contributed by atoms with Crippen LogP contribution in [0.4, 0.5) is 11.4 Å². The Labute approximate surface area is 264 Å². The molecule has 1 N–H and O–H groups in total. The second kappa shape index (κ2) is 13.3. The number of hydrogen-bond acceptors (Lipinski definition) is 5. The third-order valence-electron chi connectivity index (χ3n) is 9.60. The Morgan fingerprint density at radius 1 is 0.977 bits per heavy atom. The summed E-state index contributed by atoms with van der Waals surface area (Å²) in [5.74, 6) is -2.23. The topological polar surface area (TPSA) is 90.4 Å². The smallest absolute Gasteiger partial charge is 0.253 e. The first-order valence-electron chi connectivity index (χ1n) is 15.5. The monoisotopic (exact) mass is 619 g/mol. The molecule has 2 unspecified atom stereocenters. The zero-order valence-electron chi connectivity index (χ0n) is 25.4. The van der Waals surface area contributed by atoms with Gasteiger partial charge in [-0.1, -0.05) is 48.9 Å². The summed E-state index contributed by atoms with van der Waals surface area (Å²) in [6, 6.07) is 15.5. The Hall–Kier alpha value is -3.46. The maximum absolute atomic E-state index is 14.7. The number of nitrogens with zero attached hydrogens (tertiary/aromatic N) is 3. The molecule has 2 aromatic carbocycles. The fourth-order valence-electron chi connectivity index (χ4n) is 7.63. The predicted molar refractivity (Wildman–Crippen MR) is 172 cm³/mol. The van der Waals surface area contributed by atoms with E-state index in [-0.39, 0.29) is 37.4 Å². The first kappa shape index (κ1) is 31.9. The summed E-state index contributed by atoms with van der Waals surface area (Å²) in [5, 5.41) is 9.90. The molecule has 2 bridgehead atoms. The van der Waals surface area contributed by atoms with Crippen LogP contribution in [0.15, 0.2) is 79.9 Å². The molecule has 5 atom stereocenters. The minimum absolute atomic E-state index is 0.0594. The van der Waals surface area contributed by atoms with Crippen molar-refractivity contribution in [3.63, 3.8) is 0 Å². The minimum Gasteiger partial charge on any atom is -0.396 e. The number of anilines is 2. The molecule has 3 saturated heterocycles. The van der Waals surface area contributed by atoms with Crippen molar-refractivity contribution >= 4 is 40.7 Å². The molecule has 3 fully saturated rings. The van der Waals surface area contributed by atoms with Gasteiger partial charge in [0.05, 0.1) is 17.4 Å². The van der Waals surface area contributed by atoms with E-state index in [1.54, 1.807) is 51.1 Å². The fraction of sp³-hybridized carbons (Fsp3) is 0.457. The number of aliphatic hydroxyl groups is 1. The van der Waals surface area contributed by atoms with Crippen molar-refractivity contribution in [2.75, 3.05) is 36.0 Å². The molecule has 8 nitrogen and oxygen atoms in total. The molecule has 1 spiro atoms. The Kier molecular flexibility index (Phi) is 9.63. The first-order valence-corrected chi connectivity index (χ1v) is 15.9. The van der Waals surface area contributed by atoms with Crippen LogP contribution in [0, 0.1) is 11.8 Å². The molecule has 3 heterocycles. The summed E-state index contributed by atoms with van der Waals surface area (Å²) >= 11 is 6.16.